The number of cyclic esters (lactones) is 1. The van der Waals surface area contributed by atoms with Crippen LogP contribution >= 0.6 is 11.6 Å². The molecule has 0 saturated carbocycles. The van der Waals surface area contributed by atoms with Gasteiger partial charge in [-0.1, -0.05) is 41.9 Å². The van der Waals surface area contributed by atoms with Gasteiger partial charge in [-0.15, -0.1) is 0 Å². The van der Waals surface area contributed by atoms with Gasteiger partial charge in [-0.25, -0.2) is 17.9 Å². The first-order valence-corrected chi connectivity index (χ1v) is 10.1. The van der Waals surface area contributed by atoms with E-state index in [0.29, 0.717) is 10.6 Å². The van der Waals surface area contributed by atoms with Crippen LogP contribution in [0.2, 0.25) is 5.02 Å². The van der Waals surface area contributed by atoms with Crippen LogP contribution < -0.4 is 9.62 Å². The highest BCUT2D eigenvalue weighted by Crippen LogP contribution is 2.22. The number of nitrogens with one attached hydrogen (secondary N) is 1. The van der Waals surface area contributed by atoms with Gasteiger partial charge >= 0.3 is 6.09 Å². The molecule has 0 spiro atoms. The summed E-state index contributed by atoms with van der Waals surface area (Å²) in [6.45, 7) is 2.24. The zero-order valence-electron chi connectivity index (χ0n) is 14.2. The van der Waals surface area contributed by atoms with Crippen LogP contribution in [-0.4, -0.2) is 33.7 Å². The maximum atomic E-state index is 12.3. The monoisotopic (exact) mass is 394 g/mol. The second-order valence-electron chi connectivity index (χ2n) is 6.15. The molecule has 1 saturated heterocycles. The average Bonchev–Trinajstić information content (AvgIpc) is 2.96. The van der Waals surface area contributed by atoms with E-state index < -0.39 is 22.2 Å². The molecule has 1 atom stereocenters. The first-order chi connectivity index (χ1) is 12.3. The van der Waals surface area contributed by atoms with E-state index in [1.807, 2.05) is 31.2 Å². The van der Waals surface area contributed by atoms with Gasteiger partial charge in [0.25, 0.3) is 0 Å². The standard InChI is InChI=1S/C18H19ClN2O4S/c1-13-5-4-7-15(9-13)21-11-16(25-18(21)22)10-20-26(23,24)12-14-6-2-3-8-17(14)19/h2-9,16,20H,10-12H2,1H3. The van der Waals surface area contributed by atoms with Crippen molar-refractivity contribution < 1.29 is 17.9 Å². The molecule has 1 aliphatic rings. The van der Waals surface area contributed by atoms with Crippen molar-refractivity contribution >= 4 is 33.4 Å². The van der Waals surface area contributed by atoms with Crippen molar-refractivity contribution in [2.75, 3.05) is 18.0 Å². The summed E-state index contributed by atoms with van der Waals surface area (Å²) < 4.78 is 32.3. The Kier molecular flexibility index (Phi) is 5.50. The molecular weight excluding hydrogens is 376 g/mol. The van der Waals surface area contributed by atoms with Crippen LogP contribution in [0.4, 0.5) is 10.5 Å². The van der Waals surface area contributed by atoms with Crippen LogP contribution in [0, 0.1) is 6.92 Å². The Morgan fingerprint density at radius 1 is 1.23 bits per heavy atom. The Labute approximate surface area is 157 Å². The Bertz CT molecular complexity index is 917. The molecule has 1 heterocycles. The number of carbonyl (C=O) groups excluding carboxylic acids is 1. The highest BCUT2D eigenvalue weighted by molar-refractivity contribution is 7.88. The van der Waals surface area contributed by atoms with Gasteiger partial charge in [-0.2, -0.15) is 0 Å². The SMILES string of the molecule is Cc1cccc(N2CC(CNS(=O)(=O)Cc3ccccc3Cl)OC2=O)c1. The van der Waals surface area contributed by atoms with Crippen molar-refractivity contribution in [3.05, 3.63) is 64.7 Å². The van der Waals surface area contributed by atoms with Gasteiger partial charge in [0.05, 0.1) is 12.3 Å². The summed E-state index contributed by atoms with van der Waals surface area (Å²) in [4.78, 5) is 13.6. The minimum atomic E-state index is -3.60. The molecule has 1 unspecified atom stereocenters. The van der Waals surface area contributed by atoms with Crippen molar-refractivity contribution in [2.45, 2.75) is 18.8 Å². The first-order valence-electron chi connectivity index (χ1n) is 8.09. The molecule has 0 radical (unpaired) electrons. The van der Waals surface area contributed by atoms with Crippen molar-refractivity contribution in [2.24, 2.45) is 0 Å². The number of hydrogen-bond acceptors (Lipinski definition) is 4. The molecule has 0 aliphatic carbocycles. The number of sulfonamides is 1. The molecule has 0 aromatic heterocycles. The van der Waals surface area contributed by atoms with Crippen LogP contribution in [0.1, 0.15) is 11.1 Å². The summed E-state index contributed by atoms with van der Waals surface area (Å²) >= 11 is 6.01. The third-order valence-electron chi connectivity index (χ3n) is 4.02. The summed E-state index contributed by atoms with van der Waals surface area (Å²) in [6, 6.07) is 14.3. The normalized spacial score (nSPS) is 17.4. The van der Waals surface area contributed by atoms with Crippen LogP contribution in [0.15, 0.2) is 48.5 Å². The van der Waals surface area contributed by atoms with E-state index in [-0.39, 0.29) is 18.8 Å². The summed E-state index contributed by atoms with van der Waals surface area (Å²) in [6.07, 6.45) is -1.03. The predicted molar refractivity (Wildman–Crippen MR) is 101 cm³/mol. The highest BCUT2D eigenvalue weighted by Gasteiger charge is 2.33. The van der Waals surface area contributed by atoms with Gasteiger partial charge in [0.1, 0.15) is 6.10 Å². The highest BCUT2D eigenvalue weighted by atomic mass is 35.5. The Hall–Kier alpha value is -2.09. The fourth-order valence-electron chi connectivity index (χ4n) is 2.73. The van der Waals surface area contributed by atoms with Gasteiger partial charge in [0.15, 0.2) is 0 Å². The topological polar surface area (TPSA) is 75.7 Å². The number of nitrogens with zero attached hydrogens (tertiary/aromatic N) is 1. The van der Waals surface area contributed by atoms with E-state index >= 15 is 0 Å². The van der Waals surface area contributed by atoms with E-state index in [4.69, 9.17) is 16.3 Å². The van der Waals surface area contributed by atoms with E-state index in [1.165, 1.54) is 4.90 Å². The lowest BCUT2D eigenvalue weighted by Crippen LogP contribution is -2.35. The fourth-order valence-corrected chi connectivity index (χ4v) is 4.21. The van der Waals surface area contributed by atoms with Gasteiger partial charge < -0.3 is 4.74 Å². The predicted octanol–water partition coefficient (Wildman–Crippen LogP) is 3.09. The average molecular weight is 395 g/mol. The minimum Gasteiger partial charge on any atom is -0.443 e. The second-order valence-corrected chi connectivity index (χ2v) is 8.37. The van der Waals surface area contributed by atoms with Gasteiger partial charge in [-0.05, 0) is 36.2 Å². The molecule has 2 aromatic carbocycles. The number of ether oxygens (including phenoxy) is 1. The molecule has 6 nitrogen and oxygen atoms in total. The van der Waals surface area contributed by atoms with Crippen LogP contribution in [0.3, 0.4) is 0 Å². The van der Waals surface area contributed by atoms with E-state index in [0.717, 1.165) is 11.3 Å². The molecule has 26 heavy (non-hydrogen) atoms. The Morgan fingerprint density at radius 2 is 2.00 bits per heavy atom. The molecule has 0 bridgehead atoms. The molecular formula is C18H19ClN2O4S. The summed E-state index contributed by atoms with van der Waals surface area (Å²) in [5.41, 5.74) is 2.28. The molecule has 1 fully saturated rings. The second kappa shape index (κ2) is 7.65. The Balaban J connectivity index is 1.60. The van der Waals surface area contributed by atoms with Crippen molar-refractivity contribution in [3.63, 3.8) is 0 Å². The third kappa shape index (κ3) is 4.55. The zero-order valence-corrected chi connectivity index (χ0v) is 15.8. The maximum absolute atomic E-state index is 12.3. The number of amides is 1. The number of aryl methyl sites for hydroxylation is 1. The van der Waals surface area contributed by atoms with Crippen LogP contribution in [-0.2, 0) is 20.5 Å². The largest absolute Gasteiger partial charge is 0.443 e. The van der Waals surface area contributed by atoms with Crippen molar-refractivity contribution in [1.29, 1.82) is 0 Å². The van der Waals surface area contributed by atoms with E-state index in [1.54, 1.807) is 24.3 Å². The first kappa shape index (κ1) is 18.7. The smallest absolute Gasteiger partial charge is 0.414 e. The molecule has 138 valence electrons. The Morgan fingerprint density at radius 3 is 2.73 bits per heavy atom. The minimum absolute atomic E-state index is 0.0147. The molecule has 3 rings (SSSR count). The lowest BCUT2D eigenvalue weighted by Gasteiger charge is -2.14. The fraction of sp³-hybridized carbons (Fsp3) is 0.278. The van der Waals surface area contributed by atoms with Crippen LogP contribution in [0.25, 0.3) is 0 Å². The third-order valence-corrected chi connectivity index (χ3v) is 5.69. The van der Waals surface area contributed by atoms with Gasteiger partial charge in [0.2, 0.25) is 10.0 Å². The van der Waals surface area contributed by atoms with Gasteiger partial charge in [-0.3, -0.25) is 4.90 Å². The molecule has 2 aromatic rings. The lowest BCUT2D eigenvalue weighted by molar-refractivity contribution is 0.143. The molecule has 1 N–H and O–H groups in total. The van der Waals surface area contributed by atoms with Crippen molar-refractivity contribution in [3.8, 4) is 0 Å². The lowest BCUT2D eigenvalue weighted by atomic mass is 10.2. The van der Waals surface area contributed by atoms with Crippen LogP contribution in [0.5, 0.6) is 0 Å². The maximum Gasteiger partial charge on any atom is 0.414 e. The summed E-state index contributed by atoms with van der Waals surface area (Å²) in [7, 11) is -3.60. The molecule has 1 amide bonds. The molecule has 8 heteroatoms. The van der Waals surface area contributed by atoms with E-state index in [2.05, 4.69) is 4.72 Å². The van der Waals surface area contributed by atoms with Gasteiger partial charge in [0, 0.05) is 17.3 Å². The number of benzene rings is 2. The summed E-state index contributed by atoms with van der Waals surface area (Å²) in [5, 5.41) is 0.399. The number of anilines is 1. The number of rotatable bonds is 6. The molecule has 1 aliphatic heterocycles. The number of halogens is 1. The number of hydrogen-bond donors (Lipinski definition) is 1. The van der Waals surface area contributed by atoms with Crippen molar-refractivity contribution in [1.82, 2.24) is 4.72 Å². The quantitative estimate of drug-likeness (QED) is 0.816. The summed E-state index contributed by atoms with van der Waals surface area (Å²) in [5.74, 6) is -0.227. The number of carbonyl (C=O) groups is 1. The van der Waals surface area contributed by atoms with E-state index in [9.17, 15) is 13.2 Å². The zero-order chi connectivity index (χ0) is 18.7.